The Kier molecular flexibility index (Phi) is 4.44. The Balaban J connectivity index is 1.75. The molecule has 0 saturated carbocycles. The Morgan fingerprint density at radius 2 is 2.09 bits per heavy atom. The van der Waals surface area contributed by atoms with Crippen molar-refractivity contribution in [3.05, 3.63) is 23.8 Å². The van der Waals surface area contributed by atoms with Crippen LogP contribution >= 0.6 is 0 Å². The number of hydrogen-bond donors (Lipinski definition) is 1. The molecule has 1 aromatic carbocycles. The molecular formula is C16H23N3O3S. The maximum atomic E-state index is 12.6. The number of carbonyl (C=O) groups is 1. The van der Waals surface area contributed by atoms with Gasteiger partial charge >= 0.3 is 0 Å². The first-order chi connectivity index (χ1) is 10.9. The van der Waals surface area contributed by atoms with Crippen molar-refractivity contribution >= 4 is 21.6 Å². The van der Waals surface area contributed by atoms with Gasteiger partial charge in [-0.1, -0.05) is 6.42 Å². The van der Waals surface area contributed by atoms with Crippen molar-refractivity contribution in [1.82, 2.24) is 4.90 Å². The number of anilines is 1. The highest BCUT2D eigenvalue weighted by Gasteiger charge is 2.28. The third kappa shape index (κ3) is 3.41. The molecule has 0 unspecified atom stereocenters. The summed E-state index contributed by atoms with van der Waals surface area (Å²) in [4.78, 5) is 16.8. The lowest BCUT2D eigenvalue weighted by molar-refractivity contribution is -0.120. The molecule has 23 heavy (non-hydrogen) atoms. The van der Waals surface area contributed by atoms with Crippen molar-refractivity contribution in [1.29, 1.82) is 0 Å². The number of carbonyl (C=O) groups excluding carboxylic acids is 1. The number of primary sulfonamides is 1. The molecule has 7 heteroatoms. The van der Waals surface area contributed by atoms with Crippen molar-refractivity contribution in [2.45, 2.75) is 43.5 Å². The molecule has 3 rings (SSSR count). The van der Waals surface area contributed by atoms with Gasteiger partial charge in [0, 0.05) is 18.3 Å². The normalized spacial score (nSPS) is 22.2. The number of piperidine rings is 1. The summed E-state index contributed by atoms with van der Waals surface area (Å²) in [5.41, 5.74) is 1.68. The number of fused-ring (bicyclic) bond motifs is 1. The minimum absolute atomic E-state index is 0.0841. The SMILES string of the molecule is C[C@@H]1CCCCN1CC(=O)N1CCc2cc(S(N)(=O)=O)ccc21. The molecule has 0 aromatic heterocycles. The number of rotatable bonds is 3. The molecule has 126 valence electrons. The Morgan fingerprint density at radius 1 is 1.30 bits per heavy atom. The number of nitrogens with zero attached hydrogens (tertiary/aromatic N) is 2. The second-order valence-electron chi connectivity index (χ2n) is 6.45. The maximum absolute atomic E-state index is 12.6. The smallest absolute Gasteiger partial charge is 0.241 e. The topological polar surface area (TPSA) is 83.7 Å². The van der Waals surface area contributed by atoms with Gasteiger partial charge in [-0.05, 0) is 56.5 Å². The van der Waals surface area contributed by atoms with E-state index in [1.165, 1.54) is 12.5 Å². The lowest BCUT2D eigenvalue weighted by Gasteiger charge is -2.33. The van der Waals surface area contributed by atoms with Crippen molar-refractivity contribution < 1.29 is 13.2 Å². The molecule has 1 amide bonds. The maximum Gasteiger partial charge on any atom is 0.241 e. The van der Waals surface area contributed by atoms with Gasteiger partial charge in [0.1, 0.15) is 0 Å². The molecule has 0 radical (unpaired) electrons. The van der Waals surface area contributed by atoms with E-state index in [1.54, 1.807) is 17.0 Å². The summed E-state index contributed by atoms with van der Waals surface area (Å²) in [6, 6.07) is 5.20. The van der Waals surface area contributed by atoms with Gasteiger partial charge in [0.2, 0.25) is 15.9 Å². The fraction of sp³-hybridized carbons (Fsp3) is 0.562. The first-order valence-electron chi connectivity index (χ1n) is 8.06. The zero-order chi connectivity index (χ0) is 16.6. The van der Waals surface area contributed by atoms with Crippen molar-refractivity contribution in [2.75, 3.05) is 24.5 Å². The van der Waals surface area contributed by atoms with Crippen molar-refractivity contribution in [3.63, 3.8) is 0 Å². The predicted molar refractivity (Wildman–Crippen MR) is 88.8 cm³/mol. The summed E-state index contributed by atoms with van der Waals surface area (Å²) in [6.07, 6.45) is 4.18. The van der Waals surface area contributed by atoms with Crippen LogP contribution in [-0.4, -0.2) is 44.9 Å². The van der Waals surface area contributed by atoms with Crippen LogP contribution in [0.4, 0.5) is 5.69 Å². The number of likely N-dealkylation sites (tertiary alicyclic amines) is 1. The van der Waals surface area contributed by atoms with Gasteiger partial charge in [0.05, 0.1) is 11.4 Å². The second-order valence-corrected chi connectivity index (χ2v) is 8.01. The van der Waals surface area contributed by atoms with Crippen LogP contribution in [-0.2, 0) is 21.2 Å². The molecule has 0 bridgehead atoms. The lowest BCUT2D eigenvalue weighted by atomic mass is 10.0. The Hall–Kier alpha value is -1.44. The van der Waals surface area contributed by atoms with Gasteiger partial charge in [-0.2, -0.15) is 0 Å². The largest absolute Gasteiger partial charge is 0.311 e. The molecule has 2 heterocycles. The molecule has 1 saturated heterocycles. The molecule has 2 N–H and O–H groups in total. The number of benzene rings is 1. The summed E-state index contributed by atoms with van der Waals surface area (Å²) < 4.78 is 22.9. The Bertz CT molecular complexity index is 717. The van der Waals surface area contributed by atoms with Gasteiger partial charge < -0.3 is 4.90 Å². The summed E-state index contributed by atoms with van der Waals surface area (Å²) in [5, 5.41) is 5.17. The summed E-state index contributed by atoms with van der Waals surface area (Å²) in [5.74, 6) is 0.0841. The van der Waals surface area contributed by atoms with Crippen molar-refractivity contribution in [3.8, 4) is 0 Å². The average molecular weight is 337 g/mol. The third-order valence-corrected chi connectivity index (χ3v) is 5.77. The van der Waals surface area contributed by atoms with Crippen LogP contribution in [0.5, 0.6) is 0 Å². The van der Waals surface area contributed by atoms with E-state index in [1.807, 2.05) is 0 Å². The first kappa shape index (κ1) is 16.4. The van der Waals surface area contributed by atoms with Crippen LogP contribution < -0.4 is 10.0 Å². The molecule has 6 nitrogen and oxygen atoms in total. The number of hydrogen-bond acceptors (Lipinski definition) is 4. The molecule has 2 aliphatic heterocycles. The zero-order valence-corrected chi connectivity index (χ0v) is 14.2. The lowest BCUT2D eigenvalue weighted by Crippen LogP contribution is -2.45. The van der Waals surface area contributed by atoms with E-state index < -0.39 is 10.0 Å². The van der Waals surface area contributed by atoms with Crippen LogP contribution in [0.25, 0.3) is 0 Å². The standard InChI is InChI=1S/C16H23N3O3S/c1-12-4-2-3-8-18(12)11-16(20)19-9-7-13-10-14(23(17,21)22)5-6-15(13)19/h5-6,10,12H,2-4,7-9,11H2,1H3,(H2,17,21,22)/t12-/m1/s1. The predicted octanol–water partition coefficient (Wildman–Crippen LogP) is 1.10. The van der Waals surface area contributed by atoms with Gasteiger partial charge in [-0.3, -0.25) is 9.69 Å². The van der Waals surface area contributed by atoms with Crippen LogP contribution in [0.15, 0.2) is 23.1 Å². The molecule has 1 atom stereocenters. The van der Waals surface area contributed by atoms with E-state index in [0.29, 0.717) is 25.6 Å². The highest BCUT2D eigenvalue weighted by atomic mass is 32.2. The average Bonchev–Trinajstić information content (AvgIpc) is 2.92. The summed E-state index contributed by atoms with van der Waals surface area (Å²) in [7, 11) is -3.70. The minimum atomic E-state index is -3.70. The summed E-state index contributed by atoms with van der Waals surface area (Å²) in [6.45, 7) is 4.17. The van der Waals surface area contributed by atoms with E-state index >= 15 is 0 Å². The molecule has 1 fully saturated rings. The first-order valence-corrected chi connectivity index (χ1v) is 9.61. The molecule has 1 aromatic rings. The van der Waals surface area contributed by atoms with E-state index in [-0.39, 0.29) is 10.8 Å². The van der Waals surface area contributed by atoms with Gasteiger partial charge in [0.25, 0.3) is 0 Å². The molecular weight excluding hydrogens is 314 g/mol. The van der Waals surface area contributed by atoms with Crippen LogP contribution in [0.2, 0.25) is 0 Å². The fourth-order valence-corrected chi connectivity index (χ4v) is 4.03. The van der Waals surface area contributed by atoms with E-state index in [4.69, 9.17) is 5.14 Å². The van der Waals surface area contributed by atoms with E-state index in [0.717, 1.165) is 30.6 Å². The van der Waals surface area contributed by atoms with Gasteiger partial charge in [-0.15, -0.1) is 0 Å². The molecule has 0 spiro atoms. The Labute approximate surface area is 137 Å². The van der Waals surface area contributed by atoms with E-state index in [9.17, 15) is 13.2 Å². The minimum Gasteiger partial charge on any atom is -0.311 e. The highest BCUT2D eigenvalue weighted by Crippen LogP contribution is 2.30. The Morgan fingerprint density at radius 3 is 2.78 bits per heavy atom. The van der Waals surface area contributed by atoms with Crippen LogP contribution in [0, 0.1) is 0 Å². The number of amides is 1. The van der Waals surface area contributed by atoms with Crippen molar-refractivity contribution in [2.24, 2.45) is 5.14 Å². The zero-order valence-electron chi connectivity index (χ0n) is 13.4. The number of sulfonamides is 1. The molecule has 2 aliphatic rings. The quantitative estimate of drug-likeness (QED) is 0.895. The third-order valence-electron chi connectivity index (χ3n) is 4.86. The summed E-state index contributed by atoms with van der Waals surface area (Å²) >= 11 is 0. The van der Waals surface area contributed by atoms with E-state index in [2.05, 4.69) is 11.8 Å². The monoisotopic (exact) mass is 337 g/mol. The van der Waals surface area contributed by atoms with Gasteiger partial charge in [-0.25, -0.2) is 13.6 Å². The van der Waals surface area contributed by atoms with Gasteiger partial charge in [0.15, 0.2) is 0 Å². The highest BCUT2D eigenvalue weighted by molar-refractivity contribution is 7.89. The molecule has 0 aliphatic carbocycles. The second kappa shape index (κ2) is 6.22. The van der Waals surface area contributed by atoms with Crippen LogP contribution in [0.1, 0.15) is 31.7 Å². The number of nitrogens with two attached hydrogens (primary N) is 1. The fourth-order valence-electron chi connectivity index (χ4n) is 3.47. The van der Waals surface area contributed by atoms with Crippen LogP contribution in [0.3, 0.4) is 0 Å².